The van der Waals surface area contributed by atoms with Crippen molar-refractivity contribution in [2.75, 3.05) is 11.1 Å². The second kappa shape index (κ2) is 8.50. The lowest BCUT2D eigenvalue weighted by molar-refractivity contribution is -0.113. The average molecular weight is 436 g/mol. The molecular weight excluding hydrogens is 418 g/mol. The molecule has 1 aliphatic rings. The van der Waals surface area contributed by atoms with Crippen LogP contribution in [0.15, 0.2) is 34.8 Å². The summed E-state index contributed by atoms with van der Waals surface area (Å²) in [7, 11) is 0. The number of aromatic nitrogens is 4. The fourth-order valence-electron chi connectivity index (χ4n) is 2.60. The molecule has 1 N–H and O–H groups in total. The summed E-state index contributed by atoms with van der Waals surface area (Å²) >= 11 is 8.92. The molecule has 0 saturated heterocycles. The SMILES string of the molecule is Cc1csc(NC(=O)CSc2nnc(COc3ccccc3Cl)n2C2CC2)n1. The van der Waals surface area contributed by atoms with Gasteiger partial charge in [-0.05, 0) is 31.9 Å². The van der Waals surface area contributed by atoms with Crippen LogP contribution in [-0.4, -0.2) is 31.4 Å². The molecule has 28 heavy (non-hydrogen) atoms. The zero-order valence-corrected chi connectivity index (χ0v) is 17.5. The van der Waals surface area contributed by atoms with Gasteiger partial charge in [0.25, 0.3) is 0 Å². The van der Waals surface area contributed by atoms with E-state index in [2.05, 4.69) is 25.1 Å². The predicted octanol–water partition coefficient (Wildman–Crippen LogP) is 4.34. The molecule has 10 heteroatoms. The van der Waals surface area contributed by atoms with Crippen LogP contribution in [0.2, 0.25) is 5.02 Å². The highest BCUT2D eigenvalue weighted by atomic mass is 35.5. The number of nitrogens with one attached hydrogen (secondary N) is 1. The van der Waals surface area contributed by atoms with Crippen molar-refractivity contribution in [3.05, 3.63) is 46.2 Å². The summed E-state index contributed by atoms with van der Waals surface area (Å²) in [4.78, 5) is 16.4. The predicted molar refractivity (Wildman–Crippen MR) is 110 cm³/mol. The molecule has 1 saturated carbocycles. The quantitative estimate of drug-likeness (QED) is 0.530. The van der Waals surface area contributed by atoms with Gasteiger partial charge in [0.2, 0.25) is 5.91 Å². The second-order valence-corrected chi connectivity index (χ2v) is 8.56. The van der Waals surface area contributed by atoms with E-state index >= 15 is 0 Å². The molecule has 0 atom stereocenters. The number of rotatable bonds is 8. The maximum Gasteiger partial charge on any atom is 0.236 e. The largest absolute Gasteiger partial charge is 0.484 e. The smallest absolute Gasteiger partial charge is 0.236 e. The van der Waals surface area contributed by atoms with Crippen LogP contribution in [0.25, 0.3) is 0 Å². The molecule has 1 amide bonds. The van der Waals surface area contributed by atoms with Gasteiger partial charge in [-0.2, -0.15) is 0 Å². The van der Waals surface area contributed by atoms with Crippen LogP contribution in [0.5, 0.6) is 5.75 Å². The number of thioether (sulfide) groups is 1. The minimum atomic E-state index is -0.112. The first-order valence-corrected chi connectivity index (χ1v) is 11.0. The van der Waals surface area contributed by atoms with E-state index in [1.807, 2.05) is 30.5 Å². The van der Waals surface area contributed by atoms with Crippen LogP contribution < -0.4 is 10.1 Å². The Balaban J connectivity index is 1.39. The van der Waals surface area contributed by atoms with Gasteiger partial charge in [-0.15, -0.1) is 21.5 Å². The van der Waals surface area contributed by atoms with E-state index in [0.717, 1.165) is 29.5 Å². The van der Waals surface area contributed by atoms with Gasteiger partial charge < -0.3 is 10.1 Å². The molecule has 0 unspecified atom stereocenters. The minimum absolute atomic E-state index is 0.112. The lowest BCUT2D eigenvalue weighted by Crippen LogP contribution is -2.14. The molecule has 0 aliphatic heterocycles. The van der Waals surface area contributed by atoms with E-state index < -0.39 is 0 Å². The van der Waals surface area contributed by atoms with Gasteiger partial charge in [0, 0.05) is 11.4 Å². The topological polar surface area (TPSA) is 81.9 Å². The van der Waals surface area contributed by atoms with Gasteiger partial charge in [-0.3, -0.25) is 9.36 Å². The van der Waals surface area contributed by atoms with Crippen LogP contribution in [0.1, 0.15) is 30.4 Å². The molecule has 4 rings (SSSR count). The molecule has 3 aromatic rings. The molecular formula is C18H18ClN5O2S2. The number of amides is 1. The van der Waals surface area contributed by atoms with Crippen molar-refractivity contribution >= 4 is 45.7 Å². The van der Waals surface area contributed by atoms with Gasteiger partial charge in [0.15, 0.2) is 16.1 Å². The summed E-state index contributed by atoms with van der Waals surface area (Å²) in [5.74, 6) is 1.48. The van der Waals surface area contributed by atoms with E-state index in [1.165, 1.54) is 23.1 Å². The van der Waals surface area contributed by atoms with Crippen molar-refractivity contribution in [3.8, 4) is 5.75 Å². The summed E-state index contributed by atoms with van der Waals surface area (Å²) in [5, 5.41) is 15.1. The molecule has 146 valence electrons. The molecule has 1 aliphatic carbocycles. The molecule has 0 spiro atoms. The lowest BCUT2D eigenvalue weighted by atomic mass is 10.3. The summed E-state index contributed by atoms with van der Waals surface area (Å²) < 4.78 is 7.88. The van der Waals surface area contributed by atoms with Gasteiger partial charge in [0.1, 0.15) is 12.4 Å². The molecule has 0 radical (unpaired) electrons. The van der Waals surface area contributed by atoms with Gasteiger partial charge in [-0.1, -0.05) is 35.5 Å². The summed E-state index contributed by atoms with van der Waals surface area (Å²) in [6, 6.07) is 7.70. The van der Waals surface area contributed by atoms with Crippen LogP contribution in [0.4, 0.5) is 5.13 Å². The molecule has 2 heterocycles. The van der Waals surface area contributed by atoms with Crippen LogP contribution in [0.3, 0.4) is 0 Å². The van der Waals surface area contributed by atoms with E-state index in [9.17, 15) is 4.79 Å². The Morgan fingerprint density at radius 2 is 2.21 bits per heavy atom. The van der Waals surface area contributed by atoms with Crippen molar-refractivity contribution in [3.63, 3.8) is 0 Å². The number of carbonyl (C=O) groups is 1. The van der Waals surface area contributed by atoms with Gasteiger partial charge >= 0.3 is 0 Å². The zero-order chi connectivity index (χ0) is 19.5. The third-order valence-electron chi connectivity index (χ3n) is 4.04. The Morgan fingerprint density at radius 1 is 1.39 bits per heavy atom. The standard InChI is InChI=1S/C18H18ClN5O2S2/c1-11-9-27-17(20-11)21-16(25)10-28-18-23-22-15(24(18)12-6-7-12)8-26-14-5-3-2-4-13(14)19/h2-5,9,12H,6-8,10H2,1H3,(H,20,21,25). The Kier molecular flexibility index (Phi) is 5.84. The highest BCUT2D eigenvalue weighted by Gasteiger charge is 2.30. The normalized spacial score (nSPS) is 13.5. The van der Waals surface area contributed by atoms with E-state index in [1.54, 1.807) is 6.07 Å². The average Bonchev–Trinajstić information content (AvgIpc) is 3.31. The highest BCUT2D eigenvalue weighted by molar-refractivity contribution is 7.99. The molecule has 1 aromatic carbocycles. The lowest BCUT2D eigenvalue weighted by Gasteiger charge is -2.10. The number of ether oxygens (including phenoxy) is 1. The van der Waals surface area contributed by atoms with Gasteiger partial charge in [0.05, 0.1) is 16.5 Å². The molecule has 1 fully saturated rings. The third-order valence-corrected chi connectivity index (χ3v) is 6.17. The number of anilines is 1. The van der Waals surface area contributed by atoms with Crippen molar-refractivity contribution < 1.29 is 9.53 Å². The van der Waals surface area contributed by atoms with E-state index in [-0.39, 0.29) is 18.3 Å². The van der Waals surface area contributed by atoms with Crippen molar-refractivity contribution in [2.45, 2.75) is 37.6 Å². The second-order valence-electron chi connectivity index (χ2n) is 6.35. The number of thiazole rings is 1. The third kappa shape index (κ3) is 4.65. The summed E-state index contributed by atoms with van der Waals surface area (Å²) in [5.41, 5.74) is 0.893. The van der Waals surface area contributed by atoms with Crippen LogP contribution in [0, 0.1) is 6.92 Å². The van der Waals surface area contributed by atoms with Crippen molar-refractivity contribution in [1.82, 2.24) is 19.7 Å². The number of aryl methyl sites for hydroxylation is 1. The number of para-hydroxylation sites is 1. The number of nitrogens with zero attached hydrogens (tertiary/aromatic N) is 4. The maximum atomic E-state index is 12.2. The maximum absolute atomic E-state index is 12.2. The fourth-order valence-corrected chi connectivity index (χ4v) is 4.32. The first-order chi connectivity index (χ1) is 13.6. The van der Waals surface area contributed by atoms with E-state index in [0.29, 0.717) is 21.9 Å². The number of benzene rings is 1. The first-order valence-electron chi connectivity index (χ1n) is 8.76. The van der Waals surface area contributed by atoms with E-state index in [4.69, 9.17) is 16.3 Å². The number of halogens is 1. The van der Waals surface area contributed by atoms with Crippen molar-refractivity contribution in [1.29, 1.82) is 0 Å². The Bertz CT molecular complexity index is 986. The first kappa shape index (κ1) is 19.2. The van der Waals surface area contributed by atoms with Crippen LogP contribution >= 0.6 is 34.7 Å². The zero-order valence-electron chi connectivity index (χ0n) is 15.1. The van der Waals surface area contributed by atoms with Gasteiger partial charge in [-0.25, -0.2) is 4.98 Å². The molecule has 7 nitrogen and oxygen atoms in total. The minimum Gasteiger partial charge on any atom is -0.484 e. The van der Waals surface area contributed by atoms with Crippen LogP contribution in [-0.2, 0) is 11.4 Å². The summed E-state index contributed by atoms with van der Waals surface area (Å²) in [6.45, 7) is 2.17. The monoisotopic (exact) mass is 435 g/mol. The number of hydrogen-bond donors (Lipinski definition) is 1. The van der Waals surface area contributed by atoms with Crippen molar-refractivity contribution in [2.24, 2.45) is 0 Å². The Labute approximate surface area is 175 Å². The Morgan fingerprint density at radius 3 is 2.93 bits per heavy atom. The highest BCUT2D eigenvalue weighted by Crippen LogP contribution is 2.39. The molecule has 2 aromatic heterocycles. The number of carbonyl (C=O) groups excluding carboxylic acids is 1. The number of hydrogen-bond acceptors (Lipinski definition) is 7. The Hall–Kier alpha value is -2.10. The fraction of sp³-hybridized carbons (Fsp3) is 0.333. The molecule has 0 bridgehead atoms. The summed E-state index contributed by atoms with van der Waals surface area (Å²) in [6.07, 6.45) is 2.16.